The number of nitrogens with one attached hydrogen (secondary N) is 1. The summed E-state index contributed by atoms with van der Waals surface area (Å²) < 4.78 is 0. The maximum atomic E-state index is 5.98. The van der Waals surface area contributed by atoms with Gasteiger partial charge in [0.25, 0.3) is 0 Å². The van der Waals surface area contributed by atoms with Gasteiger partial charge in [0, 0.05) is 23.2 Å². The first-order valence-electron chi connectivity index (χ1n) is 5.75. The van der Waals surface area contributed by atoms with E-state index in [0.29, 0.717) is 16.7 Å². The molecule has 0 aliphatic rings. The van der Waals surface area contributed by atoms with Crippen molar-refractivity contribution >= 4 is 28.9 Å². The van der Waals surface area contributed by atoms with E-state index in [0.717, 1.165) is 23.5 Å². The fourth-order valence-corrected chi connectivity index (χ4v) is 1.78. The Balaban J connectivity index is 2.33. The van der Waals surface area contributed by atoms with Gasteiger partial charge in [-0.25, -0.2) is 9.97 Å². The summed E-state index contributed by atoms with van der Waals surface area (Å²) >= 11 is 5.98. The van der Waals surface area contributed by atoms with Gasteiger partial charge in [-0.05, 0) is 24.6 Å². The normalized spacial score (nSPS) is 10.4. The van der Waals surface area contributed by atoms with E-state index in [-0.39, 0.29) is 0 Å². The molecule has 0 fully saturated rings. The van der Waals surface area contributed by atoms with Crippen molar-refractivity contribution < 1.29 is 0 Å². The van der Waals surface area contributed by atoms with E-state index in [9.17, 15) is 0 Å². The van der Waals surface area contributed by atoms with Crippen LogP contribution in [0.25, 0.3) is 0 Å². The average Bonchev–Trinajstić information content (AvgIpc) is 2.33. The molecule has 0 bridgehead atoms. The van der Waals surface area contributed by atoms with Crippen LogP contribution in [0.2, 0.25) is 5.02 Å². The van der Waals surface area contributed by atoms with E-state index in [1.807, 2.05) is 32.0 Å². The zero-order valence-corrected chi connectivity index (χ0v) is 11.1. The van der Waals surface area contributed by atoms with Crippen LogP contribution in [0.1, 0.15) is 18.3 Å². The van der Waals surface area contributed by atoms with Crippen LogP contribution in [0, 0.1) is 6.92 Å². The third kappa shape index (κ3) is 2.90. The lowest BCUT2D eigenvalue weighted by molar-refractivity contribution is 0.948. The second kappa shape index (κ2) is 5.23. The molecule has 3 N–H and O–H groups in total. The summed E-state index contributed by atoms with van der Waals surface area (Å²) in [6.07, 6.45) is 0.744. The first-order chi connectivity index (χ1) is 8.58. The Hall–Kier alpha value is -1.81. The second-order valence-corrected chi connectivity index (χ2v) is 4.47. The van der Waals surface area contributed by atoms with Crippen molar-refractivity contribution in [2.75, 3.05) is 11.1 Å². The molecule has 1 aromatic carbocycles. The summed E-state index contributed by atoms with van der Waals surface area (Å²) in [6, 6.07) is 7.38. The maximum absolute atomic E-state index is 5.98. The number of halogens is 1. The summed E-state index contributed by atoms with van der Waals surface area (Å²) in [4.78, 5) is 8.51. The van der Waals surface area contributed by atoms with E-state index in [1.54, 1.807) is 6.07 Å². The zero-order chi connectivity index (χ0) is 13.1. The Labute approximate surface area is 111 Å². The molecule has 0 unspecified atom stereocenters. The van der Waals surface area contributed by atoms with Gasteiger partial charge in [-0.1, -0.05) is 24.6 Å². The van der Waals surface area contributed by atoms with Crippen LogP contribution in [0.4, 0.5) is 17.3 Å². The van der Waals surface area contributed by atoms with Gasteiger partial charge in [0.2, 0.25) is 0 Å². The Morgan fingerprint density at radius 1 is 1.28 bits per heavy atom. The van der Waals surface area contributed by atoms with Gasteiger partial charge in [0.1, 0.15) is 17.5 Å². The maximum Gasteiger partial charge on any atom is 0.136 e. The smallest absolute Gasteiger partial charge is 0.136 e. The summed E-state index contributed by atoms with van der Waals surface area (Å²) in [6.45, 7) is 3.99. The number of hydrogen-bond donors (Lipinski definition) is 2. The fourth-order valence-electron chi connectivity index (χ4n) is 1.61. The van der Waals surface area contributed by atoms with Gasteiger partial charge < -0.3 is 11.1 Å². The molecule has 0 spiro atoms. The van der Waals surface area contributed by atoms with Gasteiger partial charge in [-0.15, -0.1) is 0 Å². The minimum atomic E-state index is 0.462. The molecule has 1 aromatic heterocycles. The highest BCUT2D eigenvalue weighted by molar-refractivity contribution is 6.30. The van der Waals surface area contributed by atoms with Crippen LogP contribution in [0.15, 0.2) is 24.3 Å². The van der Waals surface area contributed by atoms with Crippen molar-refractivity contribution in [3.8, 4) is 0 Å². The first kappa shape index (κ1) is 12.6. The highest BCUT2D eigenvalue weighted by Gasteiger charge is 2.04. The highest BCUT2D eigenvalue weighted by atomic mass is 35.5. The molecule has 1 heterocycles. The molecule has 4 nitrogen and oxygen atoms in total. The predicted molar refractivity (Wildman–Crippen MR) is 75.3 cm³/mol. The van der Waals surface area contributed by atoms with Crippen molar-refractivity contribution in [1.29, 1.82) is 0 Å². The topological polar surface area (TPSA) is 63.8 Å². The lowest BCUT2D eigenvalue weighted by Crippen LogP contribution is -2.03. The molecule has 94 valence electrons. The molecule has 0 atom stereocenters. The van der Waals surface area contributed by atoms with Crippen LogP contribution < -0.4 is 11.1 Å². The van der Waals surface area contributed by atoms with Crippen molar-refractivity contribution in [3.63, 3.8) is 0 Å². The minimum Gasteiger partial charge on any atom is -0.384 e. The lowest BCUT2D eigenvalue weighted by Gasteiger charge is -2.10. The van der Waals surface area contributed by atoms with E-state index in [1.165, 1.54) is 0 Å². The summed E-state index contributed by atoms with van der Waals surface area (Å²) in [7, 11) is 0. The minimum absolute atomic E-state index is 0.462. The number of benzene rings is 1. The number of nitrogens with two attached hydrogens (primary N) is 1. The Morgan fingerprint density at radius 2 is 2.06 bits per heavy atom. The van der Waals surface area contributed by atoms with Crippen molar-refractivity contribution in [1.82, 2.24) is 9.97 Å². The van der Waals surface area contributed by atoms with Crippen LogP contribution in [-0.4, -0.2) is 9.97 Å². The van der Waals surface area contributed by atoms with Crippen LogP contribution >= 0.6 is 11.6 Å². The molecule has 0 saturated heterocycles. The quantitative estimate of drug-likeness (QED) is 0.891. The predicted octanol–water partition coefficient (Wildman–Crippen LogP) is 3.33. The summed E-state index contributed by atoms with van der Waals surface area (Å²) in [5.74, 6) is 1.87. The third-order valence-corrected chi connectivity index (χ3v) is 2.81. The van der Waals surface area contributed by atoms with Crippen LogP contribution in [0.3, 0.4) is 0 Å². The number of anilines is 3. The van der Waals surface area contributed by atoms with Gasteiger partial charge in [0.15, 0.2) is 0 Å². The molecular weight excluding hydrogens is 248 g/mol. The SMILES string of the molecule is CCc1nc(N)cc(Nc2cc(Cl)ccc2C)n1. The largest absolute Gasteiger partial charge is 0.384 e. The Kier molecular flexibility index (Phi) is 3.67. The van der Waals surface area contributed by atoms with E-state index in [2.05, 4.69) is 15.3 Å². The van der Waals surface area contributed by atoms with Crippen LogP contribution in [0.5, 0.6) is 0 Å². The molecular formula is C13H15ClN4. The number of rotatable bonds is 3. The van der Waals surface area contributed by atoms with E-state index < -0.39 is 0 Å². The second-order valence-electron chi connectivity index (χ2n) is 4.03. The third-order valence-electron chi connectivity index (χ3n) is 2.57. The van der Waals surface area contributed by atoms with Gasteiger partial charge >= 0.3 is 0 Å². The Bertz CT molecular complexity index is 569. The molecule has 0 radical (unpaired) electrons. The molecule has 0 aliphatic heterocycles. The zero-order valence-electron chi connectivity index (χ0n) is 10.4. The molecule has 18 heavy (non-hydrogen) atoms. The van der Waals surface area contributed by atoms with Gasteiger partial charge in [0.05, 0.1) is 0 Å². The van der Waals surface area contributed by atoms with Crippen molar-refractivity contribution in [3.05, 3.63) is 40.7 Å². The van der Waals surface area contributed by atoms with E-state index >= 15 is 0 Å². The van der Waals surface area contributed by atoms with Crippen molar-refractivity contribution in [2.45, 2.75) is 20.3 Å². The fraction of sp³-hybridized carbons (Fsp3) is 0.231. The number of nitrogens with zero attached hydrogens (tertiary/aromatic N) is 2. The standard InChI is InChI=1S/C13H15ClN4/c1-3-12-17-11(15)7-13(18-12)16-10-6-9(14)5-4-8(10)2/h4-7H,3H2,1-2H3,(H3,15,16,17,18). The number of hydrogen-bond acceptors (Lipinski definition) is 4. The van der Waals surface area contributed by atoms with Gasteiger partial charge in [-0.2, -0.15) is 0 Å². The molecule has 5 heteroatoms. The molecule has 0 saturated carbocycles. The monoisotopic (exact) mass is 262 g/mol. The molecule has 2 aromatic rings. The number of aryl methyl sites for hydroxylation is 2. The average molecular weight is 263 g/mol. The summed E-state index contributed by atoms with van der Waals surface area (Å²) in [5.41, 5.74) is 7.75. The summed E-state index contributed by atoms with van der Waals surface area (Å²) in [5, 5.41) is 3.89. The Morgan fingerprint density at radius 3 is 2.78 bits per heavy atom. The lowest BCUT2D eigenvalue weighted by atomic mass is 10.2. The number of aromatic nitrogens is 2. The van der Waals surface area contributed by atoms with E-state index in [4.69, 9.17) is 17.3 Å². The van der Waals surface area contributed by atoms with Crippen molar-refractivity contribution in [2.24, 2.45) is 0 Å². The molecule has 2 rings (SSSR count). The number of nitrogen functional groups attached to an aromatic ring is 1. The molecule has 0 aliphatic carbocycles. The van der Waals surface area contributed by atoms with Gasteiger partial charge in [-0.3, -0.25) is 0 Å². The highest BCUT2D eigenvalue weighted by Crippen LogP contribution is 2.23. The first-order valence-corrected chi connectivity index (χ1v) is 6.13. The molecule has 0 amide bonds. The van der Waals surface area contributed by atoms with Crippen LogP contribution in [-0.2, 0) is 6.42 Å².